The van der Waals surface area contributed by atoms with E-state index >= 15 is 0 Å². The minimum atomic E-state index is -0.546. The number of carbonyl (C=O) groups excluding carboxylic acids is 1. The van der Waals surface area contributed by atoms with Gasteiger partial charge in [-0.3, -0.25) is 0 Å². The maximum absolute atomic E-state index is 9.80. The van der Waals surface area contributed by atoms with Gasteiger partial charge in [-0.05, 0) is 0 Å². The number of aliphatic hydroxyl groups is 1. The van der Waals surface area contributed by atoms with Crippen LogP contribution in [-0.4, -0.2) is 51.6 Å². The van der Waals surface area contributed by atoms with Gasteiger partial charge < -0.3 is 24.1 Å². The Bertz CT molecular complexity index is 114. The zero-order chi connectivity index (χ0) is 9.94. The summed E-state index contributed by atoms with van der Waals surface area (Å²) in [5, 5.41) is 8.11. The third-order valence-electron chi connectivity index (χ3n) is 0.960. The van der Waals surface area contributed by atoms with Crippen LogP contribution in [0.2, 0.25) is 0 Å². The zero-order valence-electron chi connectivity index (χ0n) is 7.52. The monoisotopic (exact) mass is 194 g/mol. The van der Waals surface area contributed by atoms with E-state index in [1.165, 1.54) is 7.11 Å². The van der Waals surface area contributed by atoms with Gasteiger partial charge in [-0.2, -0.15) is 0 Å². The SMILES string of the molecule is COCOCCO.O=C1OCCO1. The van der Waals surface area contributed by atoms with Crippen molar-refractivity contribution >= 4 is 6.16 Å². The normalized spacial score (nSPS) is 14.2. The standard InChI is InChI=1S/C4H10O3.C3H4O3/c1-6-4-7-3-2-5;4-3-5-1-2-6-3/h5H,2-4H2,1H3;1-2H2. The van der Waals surface area contributed by atoms with Crippen molar-refractivity contribution in [2.45, 2.75) is 0 Å². The molecule has 6 nitrogen and oxygen atoms in total. The van der Waals surface area contributed by atoms with Gasteiger partial charge in [-0.15, -0.1) is 0 Å². The molecule has 0 aromatic carbocycles. The van der Waals surface area contributed by atoms with E-state index in [2.05, 4.69) is 18.9 Å². The lowest BCUT2D eigenvalue weighted by Crippen LogP contribution is -2.01. The fourth-order valence-electron chi connectivity index (χ4n) is 0.498. The van der Waals surface area contributed by atoms with Gasteiger partial charge in [-0.25, -0.2) is 4.79 Å². The van der Waals surface area contributed by atoms with Crippen LogP contribution in [0, 0.1) is 0 Å². The summed E-state index contributed by atoms with van der Waals surface area (Å²) in [7, 11) is 1.54. The molecule has 0 radical (unpaired) electrons. The Kier molecular flexibility index (Phi) is 8.64. The molecule has 0 atom stereocenters. The van der Waals surface area contributed by atoms with Crippen LogP contribution >= 0.6 is 0 Å². The predicted molar refractivity (Wildman–Crippen MR) is 42.2 cm³/mol. The zero-order valence-corrected chi connectivity index (χ0v) is 7.52. The van der Waals surface area contributed by atoms with Crippen molar-refractivity contribution in [2.24, 2.45) is 0 Å². The van der Waals surface area contributed by atoms with Crippen molar-refractivity contribution in [3.8, 4) is 0 Å². The molecule has 0 aliphatic carbocycles. The van der Waals surface area contributed by atoms with Crippen molar-refractivity contribution in [1.82, 2.24) is 0 Å². The van der Waals surface area contributed by atoms with Crippen molar-refractivity contribution in [1.29, 1.82) is 0 Å². The third kappa shape index (κ3) is 9.06. The topological polar surface area (TPSA) is 74.2 Å². The minimum absolute atomic E-state index is 0.0589. The van der Waals surface area contributed by atoms with Gasteiger partial charge in [0.15, 0.2) is 0 Å². The van der Waals surface area contributed by atoms with Crippen LogP contribution in [0.3, 0.4) is 0 Å². The van der Waals surface area contributed by atoms with E-state index in [9.17, 15) is 4.79 Å². The fraction of sp³-hybridized carbons (Fsp3) is 0.857. The Labute approximate surface area is 76.3 Å². The second kappa shape index (κ2) is 9.24. The number of hydrogen-bond acceptors (Lipinski definition) is 6. The van der Waals surface area contributed by atoms with Crippen molar-refractivity contribution in [3.05, 3.63) is 0 Å². The molecule has 0 amide bonds. The second-order valence-electron chi connectivity index (χ2n) is 1.99. The first-order valence-electron chi connectivity index (χ1n) is 3.78. The van der Waals surface area contributed by atoms with Crippen LogP contribution in [0.5, 0.6) is 0 Å². The van der Waals surface area contributed by atoms with Gasteiger partial charge in [0.25, 0.3) is 0 Å². The summed E-state index contributed by atoms with van der Waals surface area (Å²) < 4.78 is 17.8. The molecular weight excluding hydrogens is 180 g/mol. The summed E-state index contributed by atoms with van der Waals surface area (Å²) in [5.74, 6) is 0. The van der Waals surface area contributed by atoms with E-state index in [0.717, 1.165) is 0 Å². The lowest BCUT2D eigenvalue weighted by Gasteiger charge is -1.96. The summed E-state index contributed by atoms with van der Waals surface area (Å²) in [5.41, 5.74) is 0. The van der Waals surface area contributed by atoms with E-state index in [1.807, 2.05) is 0 Å². The summed E-state index contributed by atoms with van der Waals surface area (Å²) in [6, 6.07) is 0. The maximum Gasteiger partial charge on any atom is 0.508 e. The molecule has 1 aliphatic rings. The van der Waals surface area contributed by atoms with Crippen molar-refractivity contribution in [2.75, 3.05) is 40.3 Å². The average Bonchev–Trinajstić information content (AvgIpc) is 2.58. The molecule has 78 valence electrons. The number of rotatable bonds is 4. The highest BCUT2D eigenvalue weighted by Crippen LogP contribution is 1.92. The Balaban J connectivity index is 0.000000223. The van der Waals surface area contributed by atoms with E-state index in [-0.39, 0.29) is 13.4 Å². The van der Waals surface area contributed by atoms with Gasteiger partial charge in [0, 0.05) is 7.11 Å². The van der Waals surface area contributed by atoms with Gasteiger partial charge in [0.05, 0.1) is 13.2 Å². The van der Waals surface area contributed by atoms with Gasteiger partial charge in [-0.1, -0.05) is 0 Å². The van der Waals surface area contributed by atoms with E-state index < -0.39 is 6.16 Å². The molecule has 0 spiro atoms. The van der Waals surface area contributed by atoms with Crippen LogP contribution in [-0.2, 0) is 18.9 Å². The number of hydrogen-bond donors (Lipinski definition) is 1. The number of carbonyl (C=O) groups is 1. The molecule has 1 saturated heterocycles. The maximum atomic E-state index is 9.80. The average molecular weight is 194 g/mol. The molecule has 0 aromatic heterocycles. The molecular formula is C7H14O6. The van der Waals surface area contributed by atoms with Gasteiger partial charge >= 0.3 is 6.16 Å². The molecule has 13 heavy (non-hydrogen) atoms. The number of aliphatic hydroxyl groups excluding tert-OH is 1. The highest BCUT2D eigenvalue weighted by Gasteiger charge is 2.09. The summed E-state index contributed by atoms with van der Waals surface area (Å²) >= 11 is 0. The molecule has 0 aromatic rings. The van der Waals surface area contributed by atoms with Crippen LogP contribution in [0.1, 0.15) is 0 Å². The van der Waals surface area contributed by atoms with Crippen LogP contribution in [0.25, 0.3) is 0 Å². The summed E-state index contributed by atoms with van der Waals surface area (Å²) in [6.07, 6.45) is -0.546. The smallest absolute Gasteiger partial charge is 0.431 e. The summed E-state index contributed by atoms with van der Waals surface area (Å²) in [4.78, 5) is 9.80. The predicted octanol–water partition coefficient (Wildman–Crippen LogP) is -0.248. The first-order chi connectivity index (χ1) is 6.31. The van der Waals surface area contributed by atoms with Crippen molar-refractivity contribution < 1.29 is 28.8 Å². The fourth-order valence-corrected chi connectivity index (χ4v) is 0.498. The largest absolute Gasteiger partial charge is 0.508 e. The highest BCUT2D eigenvalue weighted by molar-refractivity contribution is 5.61. The molecule has 0 saturated carbocycles. The molecule has 1 heterocycles. The van der Waals surface area contributed by atoms with Crippen LogP contribution in [0.15, 0.2) is 0 Å². The Morgan fingerprint density at radius 2 is 2.08 bits per heavy atom. The second-order valence-corrected chi connectivity index (χ2v) is 1.99. The first kappa shape index (κ1) is 12.2. The van der Waals surface area contributed by atoms with E-state index in [1.54, 1.807) is 0 Å². The van der Waals surface area contributed by atoms with Crippen LogP contribution in [0.4, 0.5) is 4.79 Å². The van der Waals surface area contributed by atoms with Crippen molar-refractivity contribution in [3.63, 3.8) is 0 Å². The number of cyclic esters (lactones) is 2. The Hall–Kier alpha value is -0.850. The summed E-state index contributed by atoms with van der Waals surface area (Å²) in [6.45, 7) is 1.51. The first-order valence-corrected chi connectivity index (χ1v) is 3.78. The third-order valence-corrected chi connectivity index (χ3v) is 0.960. The number of ether oxygens (including phenoxy) is 4. The van der Waals surface area contributed by atoms with E-state index in [4.69, 9.17) is 5.11 Å². The van der Waals surface area contributed by atoms with Gasteiger partial charge in [0.1, 0.15) is 20.0 Å². The highest BCUT2D eigenvalue weighted by atomic mass is 16.8. The number of methoxy groups -OCH3 is 1. The minimum Gasteiger partial charge on any atom is -0.431 e. The quantitative estimate of drug-likeness (QED) is 0.378. The molecule has 0 unspecified atom stereocenters. The van der Waals surface area contributed by atoms with Gasteiger partial charge in [0.2, 0.25) is 0 Å². The molecule has 1 rings (SSSR count). The van der Waals surface area contributed by atoms with E-state index in [0.29, 0.717) is 19.8 Å². The Morgan fingerprint density at radius 1 is 1.46 bits per heavy atom. The molecule has 6 heteroatoms. The molecule has 1 fully saturated rings. The van der Waals surface area contributed by atoms with Crippen LogP contribution < -0.4 is 0 Å². The molecule has 1 aliphatic heterocycles. The molecule has 1 N–H and O–H groups in total. The lowest BCUT2D eigenvalue weighted by molar-refractivity contribution is -0.0411. The Morgan fingerprint density at radius 3 is 2.38 bits per heavy atom. The lowest BCUT2D eigenvalue weighted by atomic mass is 10.8. The molecule has 0 bridgehead atoms.